The third-order valence-corrected chi connectivity index (χ3v) is 8.54. The zero-order valence-electron chi connectivity index (χ0n) is 15.7. The van der Waals surface area contributed by atoms with Crippen LogP contribution in [0.5, 0.6) is 0 Å². The van der Waals surface area contributed by atoms with Gasteiger partial charge in [-0.2, -0.15) is 5.26 Å². The second kappa shape index (κ2) is 8.10. The van der Waals surface area contributed by atoms with E-state index in [4.69, 9.17) is 16.3 Å². The van der Waals surface area contributed by atoms with E-state index in [1.165, 1.54) is 0 Å². The molecule has 1 aromatic carbocycles. The normalized spacial score (nSPS) is 28.4. The van der Waals surface area contributed by atoms with Crippen molar-refractivity contribution < 1.29 is 14.3 Å². The molecular formula is C21H19ClN2O3S2. The third kappa shape index (κ3) is 3.27. The SMILES string of the molecule is CCOC(=O)[C@]12NC=C(C#N)[C@H]1C(=C1SCCS1)C(=O)C[C@H]2c1ccc(Cl)cc1. The predicted octanol–water partition coefficient (Wildman–Crippen LogP) is 4.02. The monoisotopic (exact) mass is 446 g/mol. The molecule has 1 N–H and O–H groups in total. The molecule has 2 fully saturated rings. The maximum absolute atomic E-state index is 13.4. The van der Waals surface area contributed by atoms with E-state index < -0.39 is 23.3 Å². The first kappa shape index (κ1) is 20.4. The number of ether oxygens (including phenoxy) is 1. The van der Waals surface area contributed by atoms with Crippen molar-refractivity contribution in [2.45, 2.75) is 24.8 Å². The number of thioether (sulfide) groups is 2. The Labute approximate surface area is 182 Å². The minimum atomic E-state index is -1.23. The van der Waals surface area contributed by atoms with Crippen molar-refractivity contribution in [2.75, 3.05) is 18.1 Å². The van der Waals surface area contributed by atoms with Crippen molar-refractivity contribution in [3.8, 4) is 6.07 Å². The highest BCUT2D eigenvalue weighted by Crippen LogP contribution is 2.55. The molecule has 29 heavy (non-hydrogen) atoms. The molecule has 3 aliphatic rings. The van der Waals surface area contributed by atoms with Crippen LogP contribution in [0.2, 0.25) is 5.02 Å². The summed E-state index contributed by atoms with van der Waals surface area (Å²) in [4.78, 5) is 26.7. The van der Waals surface area contributed by atoms with Gasteiger partial charge in [0.25, 0.3) is 0 Å². The van der Waals surface area contributed by atoms with E-state index in [0.717, 1.165) is 21.3 Å². The predicted molar refractivity (Wildman–Crippen MR) is 115 cm³/mol. The van der Waals surface area contributed by atoms with E-state index in [2.05, 4.69) is 11.4 Å². The zero-order valence-corrected chi connectivity index (χ0v) is 18.1. The standard InChI is InChI=1S/C21H19ClN2O3S2/c1-2-27-20(26)21-15(12-3-5-14(22)6-4-12)9-16(25)17(19-28-7-8-29-19)18(21)13(10-23)11-24-21/h3-6,11,15,18,24H,2,7-9H2,1H3/t15-,18-,21+/m0/s1. The second-order valence-electron chi connectivity index (χ2n) is 7.01. The van der Waals surface area contributed by atoms with Gasteiger partial charge in [0.2, 0.25) is 0 Å². The van der Waals surface area contributed by atoms with Crippen LogP contribution in [0.15, 0.2) is 45.8 Å². The number of carbonyl (C=O) groups excluding carboxylic acids is 2. The number of ketones is 1. The summed E-state index contributed by atoms with van der Waals surface area (Å²) in [6, 6.07) is 9.37. The summed E-state index contributed by atoms with van der Waals surface area (Å²) < 4.78 is 6.41. The van der Waals surface area contributed by atoms with E-state index in [1.807, 2.05) is 12.1 Å². The minimum Gasteiger partial charge on any atom is -0.464 e. The average Bonchev–Trinajstić information content (AvgIpc) is 3.37. The number of halogens is 1. The number of nitrogens with zero attached hydrogens (tertiary/aromatic N) is 1. The van der Waals surface area contributed by atoms with Crippen molar-refractivity contribution in [2.24, 2.45) is 5.92 Å². The van der Waals surface area contributed by atoms with Gasteiger partial charge in [-0.3, -0.25) is 4.79 Å². The summed E-state index contributed by atoms with van der Waals surface area (Å²) in [6.45, 7) is 1.97. The molecule has 0 spiro atoms. The van der Waals surface area contributed by atoms with Crippen LogP contribution in [-0.4, -0.2) is 35.4 Å². The van der Waals surface area contributed by atoms with E-state index >= 15 is 0 Å². The molecule has 2 heterocycles. The van der Waals surface area contributed by atoms with Crippen LogP contribution in [0.25, 0.3) is 0 Å². The molecule has 5 nitrogen and oxygen atoms in total. The van der Waals surface area contributed by atoms with Gasteiger partial charge in [-0.05, 0) is 24.6 Å². The number of hydrogen-bond donors (Lipinski definition) is 1. The van der Waals surface area contributed by atoms with Crippen LogP contribution in [0.1, 0.15) is 24.8 Å². The number of carbonyl (C=O) groups is 2. The number of benzene rings is 1. The Hall–Kier alpha value is -1.88. The molecule has 0 aromatic heterocycles. The number of Topliss-reactive ketones (excluding diaryl/α,β-unsaturated/α-hetero) is 1. The number of hydrogen-bond acceptors (Lipinski definition) is 7. The molecule has 4 rings (SSSR count). The average molecular weight is 447 g/mol. The summed E-state index contributed by atoms with van der Waals surface area (Å²) in [5.74, 6) is 0.230. The van der Waals surface area contributed by atoms with E-state index in [1.54, 1.807) is 48.8 Å². The maximum Gasteiger partial charge on any atom is 0.333 e. The largest absolute Gasteiger partial charge is 0.464 e. The number of nitriles is 1. The molecule has 150 valence electrons. The van der Waals surface area contributed by atoms with Gasteiger partial charge in [0.1, 0.15) is 0 Å². The van der Waals surface area contributed by atoms with Crippen molar-refractivity contribution in [3.05, 3.63) is 56.4 Å². The van der Waals surface area contributed by atoms with E-state index in [9.17, 15) is 14.9 Å². The molecular weight excluding hydrogens is 428 g/mol. The van der Waals surface area contributed by atoms with Crippen LogP contribution in [0, 0.1) is 17.2 Å². The lowest BCUT2D eigenvalue weighted by Gasteiger charge is -2.45. The Kier molecular flexibility index (Phi) is 5.69. The molecule has 1 aromatic rings. The first-order valence-corrected chi connectivity index (χ1v) is 11.7. The Morgan fingerprint density at radius 2 is 2.03 bits per heavy atom. The van der Waals surface area contributed by atoms with Crippen molar-refractivity contribution in [3.63, 3.8) is 0 Å². The Morgan fingerprint density at radius 1 is 1.34 bits per heavy atom. The fourth-order valence-electron chi connectivity index (χ4n) is 4.35. The smallest absolute Gasteiger partial charge is 0.333 e. The molecule has 0 bridgehead atoms. The Balaban J connectivity index is 1.92. The second-order valence-corrected chi connectivity index (χ2v) is 9.91. The fourth-order valence-corrected chi connectivity index (χ4v) is 7.12. The number of esters is 1. The van der Waals surface area contributed by atoms with Crippen LogP contribution in [-0.2, 0) is 14.3 Å². The molecule has 8 heteroatoms. The molecule has 1 aliphatic carbocycles. The minimum absolute atomic E-state index is 0.0170. The number of nitrogens with one attached hydrogen (secondary N) is 1. The molecule has 3 atom stereocenters. The fraction of sp³-hybridized carbons (Fsp3) is 0.381. The molecule has 1 saturated heterocycles. The van der Waals surface area contributed by atoms with Crippen LogP contribution < -0.4 is 5.32 Å². The molecule has 0 amide bonds. The first-order valence-electron chi connectivity index (χ1n) is 9.36. The zero-order chi connectivity index (χ0) is 20.6. The maximum atomic E-state index is 13.4. The Morgan fingerprint density at radius 3 is 2.66 bits per heavy atom. The van der Waals surface area contributed by atoms with Gasteiger partial charge in [0.05, 0.1) is 24.2 Å². The van der Waals surface area contributed by atoms with Gasteiger partial charge in [-0.25, -0.2) is 4.79 Å². The number of rotatable bonds is 3. The summed E-state index contributed by atoms with van der Waals surface area (Å²) in [7, 11) is 0. The van der Waals surface area contributed by atoms with Gasteiger partial charge < -0.3 is 10.1 Å². The van der Waals surface area contributed by atoms with Gasteiger partial charge >= 0.3 is 5.97 Å². The Bertz CT molecular complexity index is 959. The quantitative estimate of drug-likeness (QED) is 0.554. The number of fused-ring (bicyclic) bond motifs is 1. The van der Waals surface area contributed by atoms with Crippen molar-refractivity contribution in [1.82, 2.24) is 5.32 Å². The van der Waals surface area contributed by atoms with Gasteiger partial charge in [0, 0.05) is 44.9 Å². The molecule has 1 saturated carbocycles. The third-order valence-electron chi connectivity index (χ3n) is 5.55. The molecule has 0 radical (unpaired) electrons. The summed E-state index contributed by atoms with van der Waals surface area (Å²) in [5.41, 5.74) is 0.556. The lowest BCUT2D eigenvalue weighted by molar-refractivity contribution is -0.154. The van der Waals surface area contributed by atoms with E-state index in [-0.39, 0.29) is 18.8 Å². The lowest BCUT2D eigenvalue weighted by Crippen LogP contribution is -2.61. The van der Waals surface area contributed by atoms with Crippen LogP contribution in [0.3, 0.4) is 0 Å². The highest BCUT2D eigenvalue weighted by Gasteiger charge is 2.63. The van der Waals surface area contributed by atoms with Crippen molar-refractivity contribution in [1.29, 1.82) is 5.26 Å². The topological polar surface area (TPSA) is 79.2 Å². The first-order chi connectivity index (χ1) is 14.0. The lowest BCUT2D eigenvalue weighted by atomic mass is 9.61. The highest BCUT2D eigenvalue weighted by molar-refractivity contribution is 8.25. The summed E-state index contributed by atoms with van der Waals surface area (Å²) in [6.07, 6.45) is 1.74. The molecule has 2 aliphatic heterocycles. The molecule has 0 unspecified atom stereocenters. The highest BCUT2D eigenvalue weighted by atomic mass is 35.5. The van der Waals surface area contributed by atoms with Gasteiger partial charge in [-0.15, -0.1) is 23.5 Å². The summed E-state index contributed by atoms with van der Waals surface area (Å²) >= 11 is 9.30. The van der Waals surface area contributed by atoms with Crippen LogP contribution in [0.4, 0.5) is 0 Å². The van der Waals surface area contributed by atoms with E-state index in [0.29, 0.717) is 16.2 Å². The van der Waals surface area contributed by atoms with Gasteiger partial charge in [-0.1, -0.05) is 23.7 Å². The van der Waals surface area contributed by atoms with Crippen LogP contribution >= 0.6 is 35.1 Å². The summed E-state index contributed by atoms with van der Waals surface area (Å²) in [5, 5.41) is 13.6. The van der Waals surface area contributed by atoms with Gasteiger partial charge in [0.15, 0.2) is 11.3 Å². The van der Waals surface area contributed by atoms with Crippen molar-refractivity contribution >= 4 is 46.9 Å².